The number of hydrogen-bond acceptors (Lipinski definition) is 6. The molecule has 0 aliphatic heterocycles. The van der Waals surface area contributed by atoms with Gasteiger partial charge in [0.05, 0.1) is 45.9 Å². The predicted octanol–water partition coefficient (Wildman–Crippen LogP) is 0.0774. The fourth-order valence-electron chi connectivity index (χ4n) is 1.07. The summed E-state index contributed by atoms with van der Waals surface area (Å²) >= 11 is 0. The maximum atomic E-state index is 11.0. The Morgan fingerprint density at radius 3 is 2.00 bits per heavy atom. The van der Waals surface area contributed by atoms with E-state index in [4.69, 9.17) is 30.5 Å². The van der Waals surface area contributed by atoms with E-state index in [1.54, 1.807) is 0 Å². The van der Waals surface area contributed by atoms with Gasteiger partial charge >= 0.3 is 11.9 Å². The highest BCUT2D eigenvalue weighted by molar-refractivity contribution is 5.76. The number of carboxylic acids is 1. The molecule has 0 aromatic carbocycles. The summed E-state index contributed by atoms with van der Waals surface area (Å²) in [5.41, 5.74) is 0. The van der Waals surface area contributed by atoms with E-state index in [9.17, 15) is 9.59 Å². The molecule has 0 aliphatic rings. The first kappa shape index (κ1) is 18.4. The topological polar surface area (TPSA) is 91.3 Å². The molecule has 0 amide bonds. The lowest BCUT2D eigenvalue weighted by molar-refractivity contribution is -0.149. The molecule has 20 heavy (non-hydrogen) atoms. The lowest BCUT2D eigenvalue weighted by atomic mass is 10.3. The third kappa shape index (κ3) is 14.4. The highest BCUT2D eigenvalue weighted by Gasteiger charge is 2.05. The molecule has 7 heteroatoms. The van der Waals surface area contributed by atoms with Crippen LogP contribution >= 0.6 is 0 Å². The van der Waals surface area contributed by atoms with Gasteiger partial charge in [-0.05, 0) is 0 Å². The predicted molar refractivity (Wildman–Crippen MR) is 69.1 cm³/mol. The Labute approximate surface area is 118 Å². The molecule has 7 nitrogen and oxygen atoms in total. The van der Waals surface area contributed by atoms with Crippen molar-refractivity contribution in [3.63, 3.8) is 0 Å². The molecule has 0 spiro atoms. The maximum Gasteiger partial charge on any atom is 0.306 e. The van der Waals surface area contributed by atoms with Gasteiger partial charge in [-0.25, -0.2) is 0 Å². The molecule has 0 fully saturated rings. The highest BCUT2D eigenvalue weighted by atomic mass is 16.6. The Morgan fingerprint density at radius 2 is 1.45 bits per heavy atom. The summed E-state index contributed by atoms with van der Waals surface area (Å²) < 4.78 is 20.1. The van der Waals surface area contributed by atoms with Crippen molar-refractivity contribution in [3.8, 4) is 12.3 Å². The van der Waals surface area contributed by atoms with E-state index in [2.05, 4.69) is 5.92 Å². The van der Waals surface area contributed by atoms with Gasteiger partial charge in [0.2, 0.25) is 0 Å². The summed E-state index contributed by atoms with van der Waals surface area (Å²) in [7, 11) is 0. The molecular weight excluding hydrogens is 268 g/mol. The molecule has 0 rings (SSSR count). The van der Waals surface area contributed by atoms with E-state index < -0.39 is 11.9 Å². The Kier molecular flexibility index (Phi) is 12.7. The summed E-state index contributed by atoms with van der Waals surface area (Å²) in [6.07, 6.45) is 4.64. The molecule has 0 saturated carbocycles. The van der Waals surface area contributed by atoms with Crippen molar-refractivity contribution in [2.45, 2.75) is 12.8 Å². The van der Waals surface area contributed by atoms with Crippen molar-refractivity contribution in [3.05, 3.63) is 0 Å². The fraction of sp³-hybridized carbons (Fsp3) is 0.692. The fourth-order valence-corrected chi connectivity index (χ4v) is 1.07. The zero-order chi connectivity index (χ0) is 15.1. The quantitative estimate of drug-likeness (QED) is 0.291. The number of ether oxygens (including phenoxy) is 4. The average molecular weight is 288 g/mol. The van der Waals surface area contributed by atoms with Gasteiger partial charge in [0.1, 0.15) is 13.2 Å². The van der Waals surface area contributed by atoms with Crippen LogP contribution in [0.4, 0.5) is 0 Å². The van der Waals surface area contributed by atoms with E-state index >= 15 is 0 Å². The van der Waals surface area contributed by atoms with Crippen molar-refractivity contribution in [1.29, 1.82) is 0 Å². The molecule has 114 valence electrons. The summed E-state index contributed by atoms with van der Waals surface area (Å²) in [6, 6.07) is 0. The first-order chi connectivity index (χ1) is 9.66. The molecular formula is C13H20O7. The summed E-state index contributed by atoms with van der Waals surface area (Å²) in [4.78, 5) is 21.2. The summed E-state index contributed by atoms with van der Waals surface area (Å²) in [5, 5.41) is 8.36. The van der Waals surface area contributed by atoms with Crippen molar-refractivity contribution < 1.29 is 33.6 Å². The molecule has 0 radical (unpaired) electrons. The van der Waals surface area contributed by atoms with E-state index in [0.29, 0.717) is 26.4 Å². The van der Waals surface area contributed by atoms with Crippen LogP contribution in [0.25, 0.3) is 0 Å². The van der Waals surface area contributed by atoms with Gasteiger partial charge in [-0.1, -0.05) is 5.92 Å². The number of carbonyl (C=O) groups excluding carboxylic acids is 1. The molecule has 0 heterocycles. The molecule has 0 saturated heterocycles. The van der Waals surface area contributed by atoms with Crippen LogP contribution < -0.4 is 0 Å². The van der Waals surface area contributed by atoms with Crippen LogP contribution in [-0.4, -0.2) is 63.3 Å². The van der Waals surface area contributed by atoms with Crippen LogP contribution in [0.5, 0.6) is 0 Å². The second-order valence-electron chi connectivity index (χ2n) is 3.60. The van der Waals surface area contributed by atoms with Gasteiger partial charge in [0, 0.05) is 0 Å². The zero-order valence-electron chi connectivity index (χ0n) is 11.3. The first-order valence-electron chi connectivity index (χ1n) is 6.21. The smallest absolute Gasteiger partial charge is 0.306 e. The molecule has 0 unspecified atom stereocenters. The standard InChI is InChI=1S/C13H20O7/c1-2-5-17-6-7-18-8-9-19-10-11-20-13(16)4-3-12(14)15/h1H,3-11H2,(H,14,15). The molecule has 0 aromatic heterocycles. The van der Waals surface area contributed by atoms with Crippen LogP contribution in [0, 0.1) is 12.3 Å². The van der Waals surface area contributed by atoms with E-state index in [1.165, 1.54) is 0 Å². The van der Waals surface area contributed by atoms with Crippen LogP contribution in [0.1, 0.15) is 12.8 Å². The number of hydrogen-bond donors (Lipinski definition) is 1. The Hall–Kier alpha value is -1.62. The second-order valence-corrected chi connectivity index (χ2v) is 3.60. The van der Waals surface area contributed by atoms with Crippen LogP contribution in [0.3, 0.4) is 0 Å². The van der Waals surface area contributed by atoms with Gasteiger partial charge in [-0.15, -0.1) is 6.42 Å². The van der Waals surface area contributed by atoms with E-state index in [0.717, 1.165) is 0 Å². The Balaban J connectivity index is 3.15. The lowest BCUT2D eigenvalue weighted by Crippen LogP contribution is -2.14. The molecule has 0 atom stereocenters. The number of aliphatic carboxylic acids is 1. The Bertz CT molecular complexity index is 308. The van der Waals surface area contributed by atoms with Crippen molar-refractivity contribution in [2.75, 3.05) is 46.2 Å². The van der Waals surface area contributed by atoms with Crippen LogP contribution in [0.15, 0.2) is 0 Å². The van der Waals surface area contributed by atoms with Gasteiger partial charge in [-0.2, -0.15) is 0 Å². The van der Waals surface area contributed by atoms with E-state index in [-0.39, 0.29) is 32.7 Å². The van der Waals surface area contributed by atoms with Crippen molar-refractivity contribution >= 4 is 11.9 Å². The molecule has 0 aliphatic carbocycles. The zero-order valence-corrected chi connectivity index (χ0v) is 11.3. The number of esters is 1. The normalized spacial score (nSPS) is 9.95. The minimum atomic E-state index is -1.03. The molecule has 0 aromatic rings. The minimum Gasteiger partial charge on any atom is -0.481 e. The van der Waals surface area contributed by atoms with Gasteiger partial charge < -0.3 is 24.1 Å². The lowest BCUT2D eigenvalue weighted by Gasteiger charge is -2.06. The third-order valence-electron chi connectivity index (χ3n) is 1.96. The average Bonchev–Trinajstić information content (AvgIpc) is 2.42. The highest BCUT2D eigenvalue weighted by Crippen LogP contribution is 1.92. The first-order valence-corrected chi connectivity index (χ1v) is 6.21. The SMILES string of the molecule is C#CCOCCOCCOCCOC(=O)CCC(=O)O. The van der Waals surface area contributed by atoms with Gasteiger partial charge in [0.15, 0.2) is 0 Å². The van der Waals surface area contributed by atoms with E-state index in [1.807, 2.05) is 0 Å². The van der Waals surface area contributed by atoms with Crippen molar-refractivity contribution in [2.24, 2.45) is 0 Å². The summed E-state index contributed by atoms with van der Waals surface area (Å²) in [6.45, 7) is 2.28. The van der Waals surface area contributed by atoms with Crippen LogP contribution in [0.2, 0.25) is 0 Å². The largest absolute Gasteiger partial charge is 0.481 e. The second kappa shape index (κ2) is 13.8. The van der Waals surface area contributed by atoms with Crippen molar-refractivity contribution in [1.82, 2.24) is 0 Å². The maximum absolute atomic E-state index is 11.0. The number of carboxylic acid groups (broad SMARTS) is 1. The molecule has 1 N–H and O–H groups in total. The summed E-state index contributed by atoms with van der Waals surface area (Å²) in [5.74, 6) is 0.771. The number of terminal acetylenes is 1. The van der Waals surface area contributed by atoms with Gasteiger partial charge in [0.25, 0.3) is 0 Å². The molecule has 0 bridgehead atoms. The number of rotatable bonds is 13. The van der Waals surface area contributed by atoms with Crippen LogP contribution in [-0.2, 0) is 28.5 Å². The minimum absolute atomic E-state index is 0.101. The Morgan fingerprint density at radius 1 is 0.900 bits per heavy atom. The van der Waals surface area contributed by atoms with Gasteiger partial charge in [-0.3, -0.25) is 9.59 Å². The third-order valence-corrected chi connectivity index (χ3v) is 1.96. The monoisotopic (exact) mass is 288 g/mol. The number of carbonyl (C=O) groups is 2.